The van der Waals surface area contributed by atoms with Crippen LogP contribution in [0, 0.1) is 6.92 Å². The first-order valence-corrected chi connectivity index (χ1v) is 9.98. The van der Waals surface area contributed by atoms with Crippen molar-refractivity contribution in [2.45, 2.75) is 51.7 Å². The van der Waals surface area contributed by atoms with Crippen LogP contribution in [0.1, 0.15) is 49.0 Å². The molecular weight excluding hydrogens is 362 g/mol. The number of amides is 1. The summed E-state index contributed by atoms with van der Waals surface area (Å²) in [6.07, 6.45) is 3.12. The molecule has 2 aromatic heterocycles. The molecule has 152 valence electrons. The lowest BCUT2D eigenvalue weighted by Crippen LogP contribution is -2.36. The molecule has 10 nitrogen and oxygen atoms in total. The third kappa shape index (κ3) is 4.39. The summed E-state index contributed by atoms with van der Waals surface area (Å²) >= 11 is 0. The molecule has 0 N–H and O–H groups in total. The van der Waals surface area contributed by atoms with Crippen LogP contribution in [0.5, 0.6) is 0 Å². The van der Waals surface area contributed by atoms with Crippen molar-refractivity contribution in [2.24, 2.45) is 0 Å². The van der Waals surface area contributed by atoms with Crippen molar-refractivity contribution in [3.63, 3.8) is 0 Å². The number of hydrogen-bond acceptors (Lipinski definition) is 8. The van der Waals surface area contributed by atoms with E-state index in [4.69, 9.17) is 9.26 Å². The molecule has 0 radical (unpaired) electrons. The SMILES string of the molecule is Cc1cc(C2CCCN2C(=O)CCCn2nnnc2CN2CCOCC2)no1. The van der Waals surface area contributed by atoms with E-state index in [1.807, 2.05) is 22.6 Å². The maximum Gasteiger partial charge on any atom is 0.223 e. The number of morpholine rings is 1. The monoisotopic (exact) mass is 389 g/mol. The molecule has 0 spiro atoms. The molecule has 2 saturated heterocycles. The summed E-state index contributed by atoms with van der Waals surface area (Å²) in [7, 11) is 0. The van der Waals surface area contributed by atoms with E-state index < -0.39 is 0 Å². The van der Waals surface area contributed by atoms with Crippen LogP contribution < -0.4 is 0 Å². The van der Waals surface area contributed by atoms with Crippen LogP contribution in [0.4, 0.5) is 0 Å². The highest BCUT2D eigenvalue weighted by Gasteiger charge is 2.31. The van der Waals surface area contributed by atoms with Crippen LogP contribution in [-0.2, 0) is 22.6 Å². The van der Waals surface area contributed by atoms with E-state index in [0.29, 0.717) is 25.9 Å². The Hall–Kier alpha value is -2.33. The fourth-order valence-electron chi connectivity index (χ4n) is 3.91. The van der Waals surface area contributed by atoms with Crippen LogP contribution in [0.2, 0.25) is 0 Å². The Morgan fingerprint density at radius 2 is 2.14 bits per heavy atom. The van der Waals surface area contributed by atoms with E-state index in [2.05, 4.69) is 25.6 Å². The fourth-order valence-corrected chi connectivity index (χ4v) is 3.91. The van der Waals surface area contributed by atoms with E-state index >= 15 is 0 Å². The minimum Gasteiger partial charge on any atom is -0.379 e. The van der Waals surface area contributed by atoms with Crippen molar-refractivity contribution in [1.82, 2.24) is 35.2 Å². The first-order chi connectivity index (χ1) is 13.7. The number of carbonyl (C=O) groups excluding carboxylic acids is 1. The lowest BCUT2D eigenvalue weighted by Gasteiger charge is -2.25. The summed E-state index contributed by atoms with van der Waals surface area (Å²) < 4.78 is 12.4. The third-order valence-electron chi connectivity index (χ3n) is 5.40. The summed E-state index contributed by atoms with van der Waals surface area (Å²) in [5.74, 6) is 1.78. The minimum atomic E-state index is 0.0369. The molecule has 0 aromatic carbocycles. The van der Waals surface area contributed by atoms with Crippen molar-refractivity contribution in [1.29, 1.82) is 0 Å². The van der Waals surface area contributed by atoms with Gasteiger partial charge in [-0.2, -0.15) is 0 Å². The van der Waals surface area contributed by atoms with E-state index in [-0.39, 0.29) is 11.9 Å². The molecular formula is C18H27N7O3. The average molecular weight is 389 g/mol. The van der Waals surface area contributed by atoms with Crippen LogP contribution in [0.3, 0.4) is 0 Å². The second kappa shape index (κ2) is 8.78. The Balaban J connectivity index is 1.28. The Labute approximate surface area is 163 Å². The van der Waals surface area contributed by atoms with Gasteiger partial charge in [0.15, 0.2) is 5.82 Å². The van der Waals surface area contributed by atoms with Gasteiger partial charge in [0, 0.05) is 38.7 Å². The molecule has 28 heavy (non-hydrogen) atoms. The molecule has 1 unspecified atom stereocenters. The first-order valence-electron chi connectivity index (χ1n) is 9.98. The van der Waals surface area contributed by atoms with Gasteiger partial charge >= 0.3 is 0 Å². The van der Waals surface area contributed by atoms with Gasteiger partial charge in [-0.25, -0.2) is 4.68 Å². The molecule has 10 heteroatoms. The van der Waals surface area contributed by atoms with Crippen molar-refractivity contribution in [3.8, 4) is 0 Å². The maximum atomic E-state index is 12.8. The van der Waals surface area contributed by atoms with Crippen molar-refractivity contribution < 1.29 is 14.1 Å². The van der Waals surface area contributed by atoms with E-state index in [0.717, 1.165) is 63.0 Å². The van der Waals surface area contributed by atoms with E-state index in [1.54, 1.807) is 0 Å². The Bertz CT molecular complexity index is 784. The first kappa shape index (κ1) is 19.0. The fraction of sp³-hybridized carbons (Fsp3) is 0.722. The second-order valence-corrected chi connectivity index (χ2v) is 7.42. The molecule has 0 aliphatic carbocycles. The number of hydrogen-bond donors (Lipinski definition) is 0. The van der Waals surface area contributed by atoms with E-state index in [1.165, 1.54) is 0 Å². The van der Waals surface area contributed by atoms with Gasteiger partial charge in [0.1, 0.15) is 11.5 Å². The highest BCUT2D eigenvalue weighted by Crippen LogP contribution is 2.32. The van der Waals surface area contributed by atoms with Crippen molar-refractivity contribution >= 4 is 5.91 Å². The number of rotatable bonds is 7. The molecule has 0 bridgehead atoms. The predicted molar refractivity (Wildman–Crippen MR) is 98.1 cm³/mol. The summed E-state index contributed by atoms with van der Waals surface area (Å²) in [6, 6.07) is 1.96. The standard InChI is InChI=1S/C18H27N7O3/c1-14-12-15(20-28-14)16-4-2-6-24(16)18(26)5-3-7-25-17(19-21-22-25)13-23-8-10-27-11-9-23/h12,16H,2-11,13H2,1H3. The van der Waals surface area contributed by atoms with Gasteiger partial charge in [0.05, 0.1) is 25.8 Å². The van der Waals surface area contributed by atoms with Gasteiger partial charge in [-0.15, -0.1) is 5.10 Å². The summed E-state index contributed by atoms with van der Waals surface area (Å²) in [6.45, 7) is 7.29. The number of nitrogens with zero attached hydrogens (tertiary/aromatic N) is 7. The van der Waals surface area contributed by atoms with E-state index in [9.17, 15) is 4.79 Å². The lowest BCUT2D eigenvalue weighted by molar-refractivity contribution is -0.132. The summed E-state index contributed by atoms with van der Waals surface area (Å²) in [5, 5.41) is 16.1. The Kier molecular flexibility index (Phi) is 5.96. The highest BCUT2D eigenvalue weighted by molar-refractivity contribution is 5.76. The highest BCUT2D eigenvalue weighted by atomic mass is 16.5. The van der Waals surface area contributed by atoms with Gasteiger partial charge in [0.25, 0.3) is 0 Å². The maximum absolute atomic E-state index is 12.8. The minimum absolute atomic E-state index is 0.0369. The second-order valence-electron chi connectivity index (χ2n) is 7.42. The zero-order valence-electron chi connectivity index (χ0n) is 16.3. The van der Waals surface area contributed by atoms with Crippen molar-refractivity contribution in [2.75, 3.05) is 32.8 Å². The molecule has 1 atom stereocenters. The number of carbonyl (C=O) groups is 1. The molecule has 1 amide bonds. The molecule has 0 saturated carbocycles. The number of likely N-dealkylation sites (tertiary alicyclic amines) is 1. The molecule has 2 aromatic rings. The predicted octanol–water partition coefficient (Wildman–Crippen LogP) is 0.946. The van der Waals surface area contributed by atoms with Crippen molar-refractivity contribution in [3.05, 3.63) is 23.3 Å². The summed E-state index contributed by atoms with van der Waals surface area (Å²) in [5.41, 5.74) is 0.858. The lowest BCUT2D eigenvalue weighted by atomic mass is 10.1. The molecule has 4 rings (SSSR count). The summed E-state index contributed by atoms with van der Waals surface area (Å²) in [4.78, 5) is 17.0. The topological polar surface area (TPSA) is 102 Å². The van der Waals surface area contributed by atoms with Gasteiger partial charge in [-0.1, -0.05) is 5.16 Å². The molecule has 4 heterocycles. The number of aryl methyl sites for hydroxylation is 2. The smallest absolute Gasteiger partial charge is 0.223 e. The molecule has 2 aliphatic heterocycles. The largest absolute Gasteiger partial charge is 0.379 e. The average Bonchev–Trinajstić information content (AvgIpc) is 3.44. The van der Waals surface area contributed by atoms with Crippen LogP contribution >= 0.6 is 0 Å². The van der Waals surface area contributed by atoms with Gasteiger partial charge in [-0.3, -0.25) is 9.69 Å². The normalized spacial score (nSPS) is 20.8. The number of tetrazole rings is 1. The van der Waals surface area contributed by atoms with Crippen LogP contribution in [0.25, 0.3) is 0 Å². The van der Waals surface area contributed by atoms with Gasteiger partial charge in [0.2, 0.25) is 5.91 Å². The molecule has 2 fully saturated rings. The Morgan fingerprint density at radius 1 is 1.29 bits per heavy atom. The zero-order chi connectivity index (χ0) is 19.3. The zero-order valence-corrected chi connectivity index (χ0v) is 16.3. The number of aromatic nitrogens is 5. The quantitative estimate of drug-likeness (QED) is 0.690. The third-order valence-corrected chi connectivity index (χ3v) is 5.40. The van der Waals surface area contributed by atoms with Crippen LogP contribution in [-0.4, -0.2) is 73.9 Å². The number of ether oxygens (including phenoxy) is 1. The molecule has 2 aliphatic rings. The van der Waals surface area contributed by atoms with Gasteiger partial charge in [-0.05, 0) is 36.6 Å². The Morgan fingerprint density at radius 3 is 2.93 bits per heavy atom. The van der Waals surface area contributed by atoms with Crippen LogP contribution in [0.15, 0.2) is 10.6 Å². The van der Waals surface area contributed by atoms with Gasteiger partial charge < -0.3 is 14.2 Å².